The average Bonchev–Trinajstić information content (AvgIpc) is 3.10. The van der Waals surface area contributed by atoms with E-state index >= 15 is 0 Å². The van der Waals surface area contributed by atoms with Crippen LogP contribution in [0.1, 0.15) is 37.7 Å². The number of aryl methyl sites for hydroxylation is 1. The van der Waals surface area contributed by atoms with Crippen molar-refractivity contribution in [2.45, 2.75) is 44.1 Å². The van der Waals surface area contributed by atoms with Crippen LogP contribution in [0.4, 0.5) is 5.69 Å². The van der Waals surface area contributed by atoms with Crippen LogP contribution >= 0.6 is 12.2 Å². The molecule has 4 nitrogen and oxygen atoms in total. The van der Waals surface area contributed by atoms with Crippen molar-refractivity contribution in [2.24, 2.45) is 0 Å². The molecular weight excluding hydrogens is 330 g/mol. The Hall–Kier alpha value is -2.14. The molecule has 2 N–H and O–H groups in total. The molecule has 1 aliphatic carbocycles. The smallest absolute Gasteiger partial charge is 0.213 e. The molecular formula is C20H25N3OS. The number of aromatic nitrogens is 1. The lowest BCUT2D eigenvalue weighted by molar-refractivity contribution is 0.362. The summed E-state index contributed by atoms with van der Waals surface area (Å²) >= 11 is 5.56. The maximum absolute atomic E-state index is 5.56. The number of hydrogen-bond donors (Lipinski definition) is 2. The summed E-state index contributed by atoms with van der Waals surface area (Å²) in [5, 5.41) is 7.51. The zero-order valence-electron chi connectivity index (χ0n) is 14.6. The number of rotatable bonds is 6. The molecule has 0 aliphatic heterocycles. The highest BCUT2D eigenvalue weighted by molar-refractivity contribution is 7.80. The zero-order chi connectivity index (χ0) is 17.5. The van der Waals surface area contributed by atoms with Crippen LogP contribution in [0.15, 0.2) is 48.7 Å². The van der Waals surface area contributed by atoms with Crippen LogP contribution in [0.5, 0.6) is 5.88 Å². The zero-order valence-corrected chi connectivity index (χ0v) is 15.4. The van der Waals surface area contributed by atoms with E-state index in [0.717, 1.165) is 18.5 Å². The second-order valence-corrected chi connectivity index (χ2v) is 7.05. The number of hydrogen-bond acceptors (Lipinski definition) is 3. The van der Waals surface area contributed by atoms with Crippen LogP contribution in [-0.2, 0) is 6.42 Å². The van der Waals surface area contributed by atoms with Crippen molar-refractivity contribution < 1.29 is 4.74 Å². The van der Waals surface area contributed by atoms with E-state index in [9.17, 15) is 0 Å². The number of benzene rings is 1. The predicted octanol–water partition coefficient (Wildman–Crippen LogP) is 4.32. The molecule has 0 unspecified atom stereocenters. The van der Waals surface area contributed by atoms with Crippen LogP contribution in [0.2, 0.25) is 0 Å². The summed E-state index contributed by atoms with van der Waals surface area (Å²) in [6.07, 6.45) is 8.76. The van der Waals surface area contributed by atoms with E-state index in [2.05, 4.69) is 45.9 Å². The standard InChI is InChI=1S/C20H25N3OS/c1-24-18-10-9-17(15-21-18)22-19(25)23-20(12-5-6-13-20)14-11-16-7-3-2-4-8-16/h2-4,7-10,15H,5-6,11-14H2,1H3,(H2,22,23,25). The summed E-state index contributed by atoms with van der Waals surface area (Å²) < 4.78 is 5.08. The molecule has 1 aromatic carbocycles. The first-order valence-electron chi connectivity index (χ1n) is 8.82. The number of anilines is 1. The highest BCUT2D eigenvalue weighted by Crippen LogP contribution is 2.33. The van der Waals surface area contributed by atoms with Gasteiger partial charge in [-0.1, -0.05) is 43.2 Å². The summed E-state index contributed by atoms with van der Waals surface area (Å²) in [5.41, 5.74) is 2.35. The van der Waals surface area contributed by atoms with E-state index in [-0.39, 0.29) is 5.54 Å². The minimum atomic E-state index is 0.0970. The van der Waals surface area contributed by atoms with E-state index in [4.69, 9.17) is 17.0 Å². The predicted molar refractivity (Wildman–Crippen MR) is 106 cm³/mol. The molecule has 2 aromatic rings. The van der Waals surface area contributed by atoms with Gasteiger partial charge in [0.25, 0.3) is 0 Å². The van der Waals surface area contributed by atoms with Crippen LogP contribution in [0, 0.1) is 0 Å². The van der Waals surface area contributed by atoms with Crippen molar-refractivity contribution in [3.8, 4) is 5.88 Å². The van der Waals surface area contributed by atoms with Gasteiger partial charge in [-0.2, -0.15) is 0 Å². The van der Waals surface area contributed by atoms with Gasteiger partial charge in [-0.25, -0.2) is 4.98 Å². The van der Waals surface area contributed by atoms with Gasteiger partial charge >= 0.3 is 0 Å². The Balaban J connectivity index is 1.59. The lowest BCUT2D eigenvalue weighted by atomic mass is 9.89. The first-order chi connectivity index (χ1) is 12.2. The fourth-order valence-electron chi connectivity index (χ4n) is 3.50. The quantitative estimate of drug-likeness (QED) is 0.756. The van der Waals surface area contributed by atoms with Gasteiger partial charge in [0, 0.05) is 11.6 Å². The van der Waals surface area contributed by atoms with Gasteiger partial charge in [0.2, 0.25) is 5.88 Å². The molecule has 1 fully saturated rings. The van der Waals surface area contributed by atoms with Gasteiger partial charge < -0.3 is 15.4 Å². The molecule has 0 saturated heterocycles. The lowest BCUT2D eigenvalue weighted by Gasteiger charge is -2.32. The van der Waals surface area contributed by atoms with Gasteiger partial charge in [0.05, 0.1) is 19.0 Å². The van der Waals surface area contributed by atoms with Crippen molar-refractivity contribution >= 4 is 23.0 Å². The molecule has 5 heteroatoms. The normalized spacial score (nSPS) is 15.6. The largest absolute Gasteiger partial charge is 0.481 e. The third-order valence-electron chi connectivity index (χ3n) is 4.88. The maximum Gasteiger partial charge on any atom is 0.213 e. The Bertz CT molecular complexity index is 682. The molecule has 0 amide bonds. The van der Waals surface area contributed by atoms with E-state index in [1.54, 1.807) is 13.3 Å². The summed E-state index contributed by atoms with van der Waals surface area (Å²) in [7, 11) is 1.61. The molecule has 1 saturated carbocycles. The van der Waals surface area contributed by atoms with Crippen molar-refractivity contribution in [1.29, 1.82) is 0 Å². The number of thiocarbonyl (C=S) groups is 1. The fraction of sp³-hybridized carbons (Fsp3) is 0.400. The minimum Gasteiger partial charge on any atom is -0.481 e. The van der Waals surface area contributed by atoms with Crippen LogP contribution in [0.3, 0.4) is 0 Å². The van der Waals surface area contributed by atoms with Gasteiger partial charge in [0.15, 0.2) is 5.11 Å². The number of nitrogens with zero attached hydrogens (tertiary/aromatic N) is 1. The topological polar surface area (TPSA) is 46.2 Å². The number of nitrogens with one attached hydrogen (secondary N) is 2. The monoisotopic (exact) mass is 355 g/mol. The summed E-state index contributed by atoms with van der Waals surface area (Å²) in [5.74, 6) is 0.597. The SMILES string of the molecule is COc1ccc(NC(=S)NC2(CCc3ccccc3)CCCC2)cn1. The molecule has 1 aliphatic rings. The number of pyridine rings is 1. The van der Waals surface area contributed by atoms with Crippen molar-refractivity contribution in [3.63, 3.8) is 0 Å². The van der Waals surface area contributed by atoms with Crippen molar-refractivity contribution in [2.75, 3.05) is 12.4 Å². The van der Waals surface area contributed by atoms with E-state index in [1.807, 2.05) is 12.1 Å². The van der Waals surface area contributed by atoms with Gasteiger partial charge in [-0.15, -0.1) is 0 Å². The van der Waals surface area contributed by atoms with Gasteiger partial charge in [0.1, 0.15) is 0 Å². The molecule has 1 heterocycles. The molecule has 0 radical (unpaired) electrons. The van der Waals surface area contributed by atoms with Crippen molar-refractivity contribution in [1.82, 2.24) is 10.3 Å². The molecule has 25 heavy (non-hydrogen) atoms. The van der Waals surface area contributed by atoms with Crippen molar-refractivity contribution in [3.05, 3.63) is 54.2 Å². The second-order valence-electron chi connectivity index (χ2n) is 6.64. The Kier molecular flexibility index (Phi) is 5.87. The number of ether oxygens (including phenoxy) is 1. The molecule has 0 bridgehead atoms. The first kappa shape index (κ1) is 17.7. The van der Waals surface area contributed by atoms with E-state index < -0.39 is 0 Å². The van der Waals surface area contributed by atoms with Crippen LogP contribution < -0.4 is 15.4 Å². The highest BCUT2D eigenvalue weighted by Gasteiger charge is 2.33. The Morgan fingerprint density at radius 3 is 2.56 bits per heavy atom. The maximum atomic E-state index is 5.56. The van der Waals surface area contributed by atoms with Crippen LogP contribution in [-0.4, -0.2) is 22.7 Å². The lowest BCUT2D eigenvalue weighted by Crippen LogP contribution is -2.48. The molecule has 0 spiro atoms. The Morgan fingerprint density at radius 1 is 1.16 bits per heavy atom. The summed E-state index contributed by atoms with van der Waals surface area (Å²) in [6.45, 7) is 0. The second kappa shape index (κ2) is 8.30. The number of methoxy groups -OCH3 is 1. The highest BCUT2D eigenvalue weighted by atomic mass is 32.1. The summed E-state index contributed by atoms with van der Waals surface area (Å²) in [6, 6.07) is 14.4. The van der Waals surface area contributed by atoms with Crippen LogP contribution in [0.25, 0.3) is 0 Å². The molecule has 132 valence electrons. The third kappa shape index (κ3) is 4.92. The fourth-order valence-corrected chi connectivity index (χ4v) is 3.83. The first-order valence-corrected chi connectivity index (χ1v) is 9.23. The minimum absolute atomic E-state index is 0.0970. The third-order valence-corrected chi connectivity index (χ3v) is 5.08. The molecule has 1 aromatic heterocycles. The van der Waals surface area contributed by atoms with Gasteiger partial charge in [-0.05, 0) is 49.5 Å². The Labute approximate surface area is 155 Å². The van der Waals surface area contributed by atoms with E-state index in [1.165, 1.54) is 31.2 Å². The van der Waals surface area contributed by atoms with Gasteiger partial charge in [-0.3, -0.25) is 0 Å². The average molecular weight is 356 g/mol. The Morgan fingerprint density at radius 2 is 1.92 bits per heavy atom. The molecule has 0 atom stereocenters. The summed E-state index contributed by atoms with van der Waals surface area (Å²) in [4.78, 5) is 4.20. The van der Waals surface area contributed by atoms with E-state index in [0.29, 0.717) is 11.0 Å². The molecule has 3 rings (SSSR count).